The van der Waals surface area contributed by atoms with Gasteiger partial charge in [0.05, 0.1) is 28.4 Å². The van der Waals surface area contributed by atoms with Crippen LogP contribution in [0, 0.1) is 0 Å². The molecule has 3 rings (SSSR count). The van der Waals surface area contributed by atoms with Gasteiger partial charge in [-0.2, -0.15) is 0 Å². The van der Waals surface area contributed by atoms with Crippen molar-refractivity contribution in [3.05, 3.63) is 95.1 Å². The van der Waals surface area contributed by atoms with Crippen LogP contribution in [0.3, 0.4) is 0 Å². The Morgan fingerprint density at radius 3 is 1.29 bits per heavy atom. The summed E-state index contributed by atoms with van der Waals surface area (Å²) >= 11 is 0. The Morgan fingerprint density at radius 2 is 0.947 bits per heavy atom. The monoisotopic (exact) mass is 516 g/mol. The maximum atomic E-state index is 12.2. The van der Waals surface area contributed by atoms with E-state index >= 15 is 0 Å². The quantitative estimate of drug-likeness (QED) is 0.347. The minimum absolute atomic E-state index is 0.211. The molecule has 0 radical (unpaired) electrons. The zero-order chi connectivity index (χ0) is 27.3. The van der Waals surface area contributed by atoms with Crippen molar-refractivity contribution in [2.75, 3.05) is 28.4 Å². The van der Waals surface area contributed by atoms with E-state index in [0.29, 0.717) is 36.1 Å². The van der Waals surface area contributed by atoms with Crippen LogP contribution in [0.25, 0.3) is 12.2 Å². The third-order valence-corrected chi connectivity index (χ3v) is 5.63. The maximum absolute atomic E-state index is 12.2. The van der Waals surface area contributed by atoms with Crippen LogP contribution < -0.4 is 29.6 Å². The number of benzene rings is 3. The largest absolute Gasteiger partial charge is 0.493 e. The number of hydrogen-bond acceptors (Lipinski definition) is 6. The molecule has 0 atom stereocenters. The Bertz CT molecular complexity index is 1200. The molecular formula is C30H32N2O6. The molecule has 3 aromatic carbocycles. The SMILES string of the molecule is COc1ccc(/C=C/C(=O)NCc2ccc(CNC(=O)/C=C/c3ccc(OC)c(OC)c3)cc2)cc1OC. The molecule has 0 aliphatic heterocycles. The molecule has 0 aromatic heterocycles. The average molecular weight is 517 g/mol. The molecule has 0 saturated heterocycles. The van der Waals surface area contributed by atoms with Crippen LogP contribution >= 0.6 is 0 Å². The van der Waals surface area contributed by atoms with Gasteiger partial charge in [0.1, 0.15) is 0 Å². The topological polar surface area (TPSA) is 95.1 Å². The summed E-state index contributed by atoms with van der Waals surface area (Å²) in [7, 11) is 6.28. The van der Waals surface area contributed by atoms with Crippen molar-refractivity contribution in [3.8, 4) is 23.0 Å². The Labute approximate surface area is 222 Å². The van der Waals surface area contributed by atoms with Gasteiger partial charge >= 0.3 is 0 Å². The highest BCUT2D eigenvalue weighted by atomic mass is 16.5. The first-order valence-corrected chi connectivity index (χ1v) is 11.9. The van der Waals surface area contributed by atoms with Crippen LogP contribution in [-0.2, 0) is 22.7 Å². The van der Waals surface area contributed by atoms with Gasteiger partial charge in [0.2, 0.25) is 11.8 Å². The molecule has 3 aromatic rings. The average Bonchev–Trinajstić information content (AvgIpc) is 2.96. The zero-order valence-corrected chi connectivity index (χ0v) is 21.9. The van der Waals surface area contributed by atoms with Gasteiger partial charge in [-0.1, -0.05) is 36.4 Å². The van der Waals surface area contributed by atoms with Gasteiger partial charge in [0, 0.05) is 25.2 Å². The Balaban J connectivity index is 1.45. The van der Waals surface area contributed by atoms with E-state index in [1.807, 2.05) is 36.4 Å². The van der Waals surface area contributed by atoms with Gasteiger partial charge in [0.25, 0.3) is 0 Å². The Kier molecular flexibility index (Phi) is 10.4. The first-order valence-electron chi connectivity index (χ1n) is 11.9. The normalized spacial score (nSPS) is 10.8. The summed E-state index contributed by atoms with van der Waals surface area (Å²) in [5.74, 6) is 2.03. The lowest BCUT2D eigenvalue weighted by atomic mass is 10.1. The molecule has 198 valence electrons. The van der Waals surface area contributed by atoms with Crippen LogP contribution in [0.15, 0.2) is 72.8 Å². The standard InChI is InChI=1S/C30H32N2O6/c1-35-25-13-9-21(17-27(25)37-3)11-15-29(33)31-19-23-5-7-24(8-6-23)20-32-30(34)16-12-22-10-14-26(36-2)28(18-22)38-4/h5-18H,19-20H2,1-4H3,(H,31,33)(H,32,34)/b15-11+,16-12+. The van der Waals surface area contributed by atoms with Crippen molar-refractivity contribution in [1.82, 2.24) is 10.6 Å². The van der Waals surface area contributed by atoms with Crippen molar-refractivity contribution in [2.45, 2.75) is 13.1 Å². The Hall–Kier alpha value is -4.72. The number of nitrogens with one attached hydrogen (secondary N) is 2. The highest BCUT2D eigenvalue weighted by molar-refractivity contribution is 5.92. The second kappa shape index (κ2) is 14.1. The number of carbonyl (C=O) groups is 2. The lowest BCUT2D eigenvalue weighted by Gasteiger charge is -2.08. The van der Waals surface area contributed by atoms with E-state index in [1.54, 1.807) is 64.9 Å². The van der Waals surface area contributed by atoms with Crippen molar-refractivity contribution in [2.24, 2.45) is 0 Å². The van der Waals surface area contributed by atoms with Crippen LogP contribution in [0.2, 0.25) is 0 Å². The maximum Gasteiger partial charge on any atom is 0.244 e. The first-order chi connectivity index (χ1) is 18.4. The molecule has 0 spiro atoms. The van der Waals surface area contributed by atoms with Crippen molar-refractivity contribution in [1.29, 1.82) is 0 Å². The number of hydrogen-bond donors (Lipinski definition) is 2. The molecule has 0 bridgehead atoms. The molecule has 0 aliphatic rings. The third kappa shape index (κ3) is 8.16. The fourth-order valence-corrected chi connectivity index (χ4v) is 3.53. The lowest BCUT2D eigenvalue weighted by molar-refractivity contribution is -0.117. The Morgan fingerprint density at radius 1 is 0.579 bits per heavy atom. The minimum Gasteiger partial charge on any atom is -0.493 e. The first kappa shape index (κ1) is 27.9. The van der Waals surface area contributed by atoms with Gasteiger partial charge in [-0.25, -0.2) is 0 Å². The molecule has 0 unspecified atom stereocenters. The van der Waals surface area contributed by atoms with E-state index in [4.69, 9.17) is 18.9 Å². The van der Waals surface area contributed by atoms with Crippen LogP contribution in [0.5, 0.6) is 23.0 Å². The van der Waals surface area contributed by atoms with E-state index in [1.165, 1.54) is 12.2 Å². The number of carbonyl (C=O) groups excluding carboxylic acids is 2. The van der Waals surface area contributed by atoms with E-state index in [-0.39, 0.29) is 11.8 Å². The zero-order valence-electron chi connectivity index (χ0n) is 21.9. The molecule has 0 fully saturated rings. The van der Waals surface area contributed by atoms with E-state index in [9.17, 15) is 9.59 Å². The lowest BCUT2D eigenvalue weighted by Crippen LogP contribution is -2.21. The van der Waals surface area contributed by atoms with Gasteiger partial charge in [-0.05, 0) is 58.7 Å². The van der Waals surface area contributed by atoms with Gasteiger partial charge in [-0.3, -0.25) is 9.59 Å². The summed E-state index contributed by atoms with van der Waals surface area (Å²) in [4.78, 5) is 24.4. The highest BCUT2D eigenvalue weighted by Crippen LogP contribution is 2.28. The number of rotatable bonds is 12. The number of amides is 2. The van der Waals surface area contributed by atoms with E-state index in [2.05, 4.69) is 10.6 Å². The van der Waals surface area contributed by atoms with Crippen LogP contribution in [-0.4, -0.2) is 40.3 Å². The molecule has 0 heterocycles. The molecule has 2 N–H and O–H groups in total. The van der Waals surface area contributed by atoms with E-state index < -0.39 is 0 Å². The molecule has 0 saturated carbocycles. The van der Waals surface area contributed by atoms with Gasteiger partial charge in [0.15, 0.2) is 23.0 Å². The number of ether oxygens (including phenoxy) is 4. The fraction of sp³-hybridized carbons (Fsp3) is 0.200. The predicted octanol–water partition coefficient (Wildman–Crippen LogP) is 4.38. The molecule has 0 aliphatic carbocycles. The van der Waals surface area contributed by atoms with Crippen molar-refractivity contribution >= 4 is 24.0 Å². The summed E-state index contributed by atoms with van der Waals surface area (Å²) in [5.41, 5.74) is 3.54. The van der Waals surface area contributed by atoms with Crippen LogP contribution in [0.4, 0.5) is 0 Å². The molecular weight excluding hydrogens is 484 g/mol. The summed E-state index contributed by atoms with van der Waals surface area (Å²) in [5, 5.41) is 5.72. The second-order valence-corrected chi connectivity index (χ2v) is 8.15. The van der Waals surface area contributed by atoms with Crippen LogP contribution in [0.1, 0.15) is 22.3 Å². The fourth-order valence-electron chi connectivity index (χ4n) is 3.53. The van der Waals surface area contributed by atoms with Gasteiger partial charge in [-0.15, -0.1) is 0 Å². The van der Waals surface area contributed by atoms with Gasteiger partial charge < -0.3 is 29.6 Å². The second-order valence-electron chi connectivity index (χ2n) is 8.15. The highest BCUT2D eigenvalue weighted by Gasteiger charge is 2.05. The third-order valence-electron chi connectivity index (χ3n) is 5.63. The summed E-state index contributed by atoms with van der Waals surface area (Å²) < 4.78 is 21.0. The summed E-state index contributed by atoms with van der Waals surface area (Å²) in [6.45, 7) is 0.769. The summed E-state index contributed by atoms with van der Waals surface area (Å²) in [6.07, 6.45) is 6.37. The molecule has 2 amide bonds. The summed E-state index contributed by atoms with van der Waals surface area (Å²) in [6, 6.07) is 18.5. The smallest absolute Gasteiger partial charge is 0.244 e. The molecule has 38 heavy (non-hydrogen) atoms. The number of methoxy groups -OCH3 is 4. The van der Waals surface area contributed by atoms with Crippen molar-refractivity contribution in [3.63, 3.8) is 0 Å². The minimum atomic E-state index is -0.211. The molecule has 8 nitrogen and oxygen atoms in total. The molecule has 8 heteroatoms. The van der Waals surface area contributed by atoms with E-state index in [0.717, 1.165) is 22.3 Å². The van der Waals surface area contributed by atoms with Crippen molar-refractivity contribution < 1.29 is 28.5 Å². The predicted molar refractivity (Wildman–Crippen MR) is 147 cm³/mol.